The minimum atomic E-state index is 0.732. The van der Waals surface area contributed by atoms with Crippen LogP contribution in [0, 0.1) is 0 Å². The van der Waals surface area contributed by atoms with Gasteiger partial charge < -0.3 is 15.5 Å². The number of rotatable bonds is 2. The van der Waals surface area contributed by atoms with Gasteiger partial charge in [0.1, 0.15) is 0 Å². The lowest BCUT2D eigenvalue weighted by molar-refractivity contribution is 0.494. The van der Waals surface area contributed by atoms with Crippen LogP contribution >= 0.6 is 0 Å². The molecule has 0 atom stereocenters. The summed E-state index contributed by atoms with van der Waals surface area (Å²) in [4.78, 5) is 6.55. The molecule has 2 aromatic rings. The van der Waals surface area contributed by atoms with Crippen molar-refractivity contribution in [1.29, 1.82) is 0 Å². The number of hydrogen-bond donors (Lipinski definition) is 2. The van der Waals surface area contributed by atoms with E-state index in [4.69, 9.17) is 0 Å². The number of nitrogens with one attached hydrogen (secondary N) is 2. The molecule has 0 aliphatic carbocycles. The Morgan fingerprint density at radius 1 is 1.27 bits per heavy atom. The van der Waals surface area contributed by atoms with Gasteiger partial charge in [-0.3, -0.25) is 4.98 Å². The predicted octanol–water partition coefficient (Wildman–Crippen LogP) is 3.41. The van der Waals surface area contributed by atoms with Gasteiger partial charge in [-0.05, 0) is 11.6 Å². The first-order valence-corrected chi connectivity index (χ1v) is 7.16. The molecule has 0 bridgehead atoms. The Morgan fingerprint density at radius 3 is 3.00 bits per heavy atom. The average Bonchev–Trinajstić information content (AvgIpc) is 3.09. The van der Waals surface area contributed by atoms with Crippen LogP contribution in [0.2, 0.25) is 0 Å². The number of pyridine rings is 1. The molecule has 0 unspecified atom stereocenters. The minimum absolute atomic E-state index is 0.732. The molecule has 4 rings (SSSR count). The van der Waals surface area contributed by atoms with Crippen molar-refractivity contribution in [3.05, 3.63) is 79.1 Å². The van der Waals surface area contributed by atoms with E-state index in [1.165, 1.54) is 0 Å². The molecule has 0 saturated carbocycles. The van der Waals surface area contributed by atoms with Crippen molar-refractivity contribution in [1.82, 2.24) is 15.2 Å². The van der Waals surface area contributed by atoms with E-state index in [9.17, 15) is 0 Å². The monoisotopic (exact) mass is 288 g/mol. The van der Waals surface area contributed by atoms with Crippen LogP contribution < -0.4 is 10.6 Å². The summed E-state index contributed by atoms with van der Waals surface area (Å²) >= 11 is 0. The fourth-order valence-corrected chi connectivity index (χ4v) is 2.86. The first kappa shape index (κ1) is 12.7. The number of allylic oxidation sites excluding steroid dienone is 1. The van der Waals surface area contributed by atoms with E-state index in [-0.39, 0.29) is 0 Å². The molecule has 1 aromatic carbocycles. The number of anilines is 1. The Hall–Kier alpha value is -3.01. The average molecular weight is 288 g/mol. The Balaban J connectivity index is 1.77. The number of hydrogen-bond acceptors (Lipinski definition) is 4. The van der Waals surface area contributed by atoms with Crippen LogP contribution in [0.25, 0.3) is 16.5 Å². The van der Waals surface area contributed by atoms with E-state index in [1.54, 1.807) is 0 Å². The molecule has 2 N–H and O–H groups in total. The summed E-state index contributed by atoms with van der Waals surface area (Å²) in [6.45, 7) is 9.20. The maximum Gasteiger partial charge on any atom is 0.0942 e. The number of aromatic nitrogens is 1. The molecule has 0 saturated heterocycles. The van der Waals surface area contributed by atoms with Gasteiger partial charge in [0.2, 0.25) is 0 Å². The SMILES string of the molecule is C=C1C(C(=C)N2C=CNC2)=CNc2c1ccc1cccnc21. The molecule has 0 fully saturated rings. The summed E-state index contributed by atoms with van der Waals surface area (Å²) in [6, 6.07) is 8.18. The second-order valence-corrected chi connectivity index (χ2v) is 5.34. The highest BCUT2D eigenvalue weighted by Crippen LogP contribution is 2.39. The lowest BCUT2D eigenvalue weighted by Crippen LogP contribution is -2.22. The van der Waals surface area contributed by atoms with Crippen LogP contribution in [0.1, 0.15) is 5.56 Å². The molecule has 1 aromatic heterocycles. The van der Waals surface area contributed by atoms with Gasteiger partial charge in [-0.2, -0.15) is 0 Å². The third-order valence-corrected chi connectivity index (χ3v) is 4.08. The van der Waals surface area contributed by atoms with E-state index in [2.05, 4.69) is 51.9 Å². The highest BCUT2D eigenvalue weighted by molar-refractivity contribution is 6.02. The van der Waals surface area contributed by atoms with Gasteiger partial charge in [0.25, 0.3) is 0 Å². The Bertz CT molecular complexity index is 861. The van der Waals surface area contributed by atoms with Crippen LogP contribution in [0.4, 0.5) is 5.69 Å². The smallest absolute Gasteiger partial charge is 0.0942 e. The topological polar surface area (TPSA) is 40.2 Å². The van der Waals surface area contributed by atoms with Crippen LogP contribution in [-0.4, -0.2) is 16.6 Å². The van der Waals surface area contributed by atoms with Crippen molar-refractivity contribution in [3.63, 3.8) is 0 Å². The summed E-state index contributed by atoms with van der Waals surface area (Å²) in [7, 11) is 0. The molecule has 22 heavy (non-hydrogen) atoms. The quantitative estimate of drug-likeness (QED) is 0.888. The zero-order valence-electron chi connectivity index (χ0n) is 12.1. The van der Waals surface area contributed by atoms with Gasteiger partial charge in [-0.1, -0.05) is 31.4 Å². The molecular weight excluding hydrogens is 272 g/mol. The molecule has 0 amide bonds. The maximum absolute atomic E-state index is 4.49. The molecule has 2 aliphatic rings. The summed E-state index contributed by atoms with van der Waals surface area (Å²) in [5.41, 5.74) is 5.94. The maximum atomic E-state index is 4.49. The third-order valence-electron chi connectivity index (χ3n) is 4.08. The van der Waals surface area contributed by atoms with E-state index in [0.29, 0.717) is 0 Å². The van der Waals surface area contributed by atoms with Crippen molar-refractivity contribution < 1.29 is 0 Å². The van der Waals surface area contributed by atoms with Crippen molar-refractivity contribution in [2.75, 3.05) is 12.0 Å². The fourth-order valence-electron chi connectivity index (χ4n) is 2.86. The zero-order valence-corrected chi connectivity index (χ0v) is 12.1. The van der Waals surface area contributed by atoms with E-state index in [0.717, 1.165) is 45.7 Å². The molecule has 4 nitrogen and oxygen atoms in total. The standard InChI is InChI=1S/C18H16N4/c1-12-15-6-5-14-4-3-7-20-17(14)18(15)21-10-16(12)13(2)22-9-8-19-11-22/h3-10,19,21H,1-2,11H2. The minimum Gasteiger partial charge on any atom is -0.372 e. The van der Waals surface area contributed by atoms with Gasteiger partial charge in [-0.15, -0.1) is 0 Å². The largest absolute Gasteiger partial charge is 0.372 e. The molecule has 108 valence electrons. The van der Waals surface area contributed by atoms with Gasteiger partial charge in [0.15, 0.2) is 0 Å². The van der Waals surface area contributed by atoms with Crippen molar-refractivity contribution >= 4 is 22.2 Å². The lowest BCUT2D eigenvalue weighted by Gasteiger charge is -2.27. The normalized spacial score (nSPS) is 16.1. The number of benzene rings is 1. The van der Waals surface area contributed by atoms with Crippen molar-refractivity contribution in [3.8, 4) is 0 Å². The van der Waals surface area contributed by atoms with Gasteiger partial charge in [-0.25, -0.2) is 0 Å². The summed E-state index contributed by atoms with van der Waals surface area (Å²) in [6.07, 6.45) is 7.67. The van der Waals surface area contributed by atoms with E-state index < -0.39 is 0 Å². The molecule has 4 heteroatoms. The molecule has 2 aliphatic heterocycles. The third kappa shape index (κ3) is 1.81. The summed E-state index contributed by atoms with van der Waals surface area (Å²) < 4.78 is 0. The first-order valence-electron chi connectivity index (χ1n) is 7.16. The van der Waals surface area contributed by atoms with Gasteiger partial charge in [0, 0.05) is 47.0 Å². The number of fused-ring (bicyclic) bond motifs is 3. The molecule has 0 spiro atoms. The van der Waals surface area contributed by atoms with Gasteiger partial charge in [0.05, 0.1) is 17.9 Å². The van der Waals surface area contributed by atoms with E-state index >= 15 is 0 Å². The second-order valence-electron chi connectivity index (χ2n) is 5.34. The number of nitrogens with zero attached hydrogens (tertiary/aromatic N) is 2. The molecule has 0 radical (unpaired) electrons. The molecular formula is C18H16N4. The zero-order chi connectivity index (χ0) is 15.1. The first-order chi connectivity index (χ1) is 10.8. The Labute approximate surface area is 129 Å². The summed E-state index contributed by atoms with van der Waals surface area (Å²) in [5.74, 6) is 0. The Morgan fingerprint density at radius 2 is 2.18 bits per heavy atom. The highest BCUT2D eigenvalue weighted by Gasteiger charge is 2.22. The van der Waals surface area contributed by atoms with Crippen LogP contribution in [0.3, 0.4) is 0 Å². The Kier molecular flexibility index (Phi) is 2.76. The van der Waals surface area contributed by atoms with Gasteiger partial charge >= 0.3 is 0 Å². The predicted molar refractivity (Wildman–Crippen MR) is 90.6 cm³/mol. The fraction of sp³-hybridized carbons (Fsp3) is 0.0556. The van der Waals surface area contributed by atoms with Crippen LogP contribution in [-0.2, 0) is 0 Å². The lowest BCUT2D eigenvalue weighted by atomic mass is 9.92. The van der Waals surface area contributed by atoms with Crippen molar-refractivity contribution in [2.45, 2.75) is 0 Å². The van der Waals surface area contributed by atoms with Crippen LogP contribution in [0.5, 0.6) is 0 Å². The molecule has 3 heterocycles. The van der Waals surface area contributed by atoms with E-state index in [1.807, 2.05) is 30.9 Å². The van der Waals surface area contributed by atoms with Crippen molar-refractivity contribution in [2.24, 2.45) is 0 Å². The summed E-state index contributed by atoms with van der Waals surface area (Å²) in [5, 5.41) is 7.64. The highest BCUT2D eigenvalue weighted by atomic mass is 15.3. The second kappa shape index (κ2) is 4.77. The van der Waals surface area contributed by atoms with Crippen LogP contribution in [0.15, 0.2) is 73.5 Å².